The van der Waals surface area contributed by atoms with Crippen LogP contribution < -0.4 is 31.6 Å². The number of non-ortho nitro benzene ring substituents is 1. The Kier molecular flexibility index (Phi) is 36.9. The zero-order chi connectivity index (χ0) is 90.4. The number of carbonyl (C=O) groups is 6. The Hall–Kier alpha value is -9.52. The second-order valence-electron chi connectivity index (χ2n) is 37.3. The Balaban J connectivity index is 0.000000551. The molecule has 650 valence electrons. The van der Waals surface area contributed by atoms with Crippen molar-refractivity contribution in [3.63, 3.8) is 0 Å². The molecule has 0 aliphatic carbocycles. The maximum Gasteiger partial charge on any atom is 0.412 e. The summed E-state index contributed by atoms with van der Waals surface area (Å²) in [6, 6.07) is 9.14. The predicted molar refractivity (Wildman–Crippen MR) is 460 cm³/mol. The molecule has 0 aliphatic heterocycles. The van der Waals surface area contributed by atoms with E-state index in [0.717, 1.165) is 42.6 Å². The molecule has 0 radical (unpaired) electrons. The standard InChI is InChI=1S/2C26H43N3O5Si.C26H42N2O5Si.C6H4N2O5/c1-12-32-22(30)20-17-29-19(16-21(20)27-23(31)33-24(2,3)4)15-18(28-29)13-14-26(8,9)34-35(10,11)25(5,6)7;1-12-32-22(30)20-18-29(27)19(17-21(20)28-23(31)33-24(2,3)4)15-13-14-16-26(8,9)34-35(10,11)25(5,6)7;1-12-31-22(29)20-18-27-19(17-21(20)28-23(30)32-24(2,3)4)15-13-14-16-26(8,9)33-34(10,11)25(5,6)7;9-6-2-1-4(7(10)11)3-5(6)8(12)13/h15-17H,12-14H2,1-11H3,(H,27,31);17-18H,12,14,16,27H2,1-11H3;17-18H,12,14,16H2,1-11H3,(H,27,28,30);1-3,9H. The summed E-state index contributed by atoms with van der Waals surface area (Å²) < 4.78 is 54.0. The van der Waals surface area contributed by atoms with Gasteiger partial charge in [-0.05, 0) is 235 Å². The number of nitrogens with two attached hydrogens (primary N) is 1. The fourth-order valence-corrected chi connectivity index (χ4v) is 15.3. The number of nitro groups is 2. The van der Waals surface area contributed by atoms with Gasteiger partial charge in [-0.25, -0.2) is 44.1 Å². The molecule has 0 aliphatic rings. The summed E-state index contributed by atoms with van der Waals surface area (Å²) in [5.41, 5.74) is -0.467. The summed E-state index contributed by atoms with van der Waals surface area (Å²) >= 11 is 0. The van der Waals surface area contributed by atoms with Gasteiger partial charge in [-0.1, -0.05) is 84.9 Å². The van der Waals surface area contributed by atoms with Crippen molar-refractivity contribution in [1.82, 2.24) is 14.6 Å². The summed E-state index contributed by atoms with van der Waals surface area (Å²) in [5, 5.41) is 44.1. The molecule has 30 nitrogen and oxygen atoms in total. The summed E-state index contributed by atoms with van der Waals surface area (Å²) in [5.74, 6) is 15.9. The number of hydrogen-bond acceptors (Lipinski definition) is 23. The van der Waals surface area contributed by atoms with E-state index in [1.165, 1.54) is 17.1 Å². The second kappa shape index (κ2) is 41.7. The summed E-state index contributed by atoms with van der Waals surface area (Å²) in [7, 11) is -5.70. The van der Waals surface area contributed by atoms with E-state index in [2.05, 4.69) is 193 Å². The normalized spacial score (nSPS) is 12.3. The molecule has 5 N–H and O–H groups in total. The van der Waals surface area contributed by atoms with Gasteiger partial charge < -0.3 is 46.8 Å². The van der Waals surface area contributed by atoms with E-state index in [1.807, 2.05) is 6.07 Å². The first-order valence-corrected chi connectivity index (χ1v) is 47.8. The monoisotopic (exact) mass is 1680 g/mol. The fourth-order valence-electron chi connectivity index (χ4n) is 9.98. The number of pyridine rings is 3. The SMILES string of the molecule is CCOC(=O)c1c[n+](N)c(C#CCCC(C)(C)O[Si](C)(C)C(C)(C)C)cc1NC(=O)OC(C)(C)C.CCOC(=O)c1cn2nc(CCC(C)(C)O[Si](C)(C)C(C)(C)C)cc2cc1NC(=O)OC(C)(C)C.CCOC(=O)c1cnc(C#CCCC(C)(C)O[Si](C)(C)C(C)(C)C)cc1NC(=O)OC(C)(C)C.O=[N+]([O-])c1ccc([O-])c([N+](=O)[O-])c1. The maximum atomic E-state index is 12.6. The number of esters is 3. The van der Waals surface area contributed by atoms with E-state index in [1.54, 1.807) is 112 Å². The van der Waals surface area contributed by atoms with Crippen LogP contribution in [0.2, 0.25) is 54.4 Å². The Morgan fingerprint density at radius 2 is 0.897 bits per heavy atom. The first-order chi connectivity index (χ1) is 53.0. The zero-order valence-electron chi connectivity index (χ0n) is 75.6. The van der Waals surface area contributed by atoms with E-state index in [0.29, 0.717) is 42.4 Å². The number of nitro benzene ring substituents is 2. The van der Waals surface area contributed by atoms with E-state index >= 15 is 0 Å². The third-order valence-corrected chi connectivity index (χ3v) is 32.6. The number of rotatable bonds is 24. The van der Waals surface area contributed by atoms with Crippen molar-refractivity contribution in [2.45, 2.75) is 313 Å². The molecule has 1 aromatic carbocycles. The van der Waals surface area contributed by atoms with Gasteiger partial charge in [0, 0.05) is 43.3 Å². The van der Waals surface area contributed by atoms with Crippen LogP contribution in [0.3, 0.4) is 0 Å². The highest BCUT2D eigenvalue weighted by molar-refractivity contribution is 6.75. The molecule has 0 fully saturated rings. The molecule has 0 unspecified atom stereocenters. The van der Waals surface area contributed by atoms with Gasteiger partial charge in [-0.3, -0.25) is 36.2 Å². The number of carbonyl (C=O) groups excluding carboxylic acids is 6. The van der Waals surface area contributed by atoms with Gasteiger partial charge >= 0.3 is 36.2 Å². The highest BCUT2D eigenvalue weighted by atomic mass is 28.4. The molecule has 0 saturated carbocycles. The molecule has 5 aromatic rings. The summed E-state index contributed by atoms with van der Waals surface area (Å²) in [4.78, 5) is 97.2. The Morgan fingerprint density at radius 3 is 1.29 bits per heavy atom. The Bertz CT molecular complexity index is 4430. The van der Waals surface area contributed by atoms with Gasteiger partial charge in [0.05, 0.1) is 80.8 Å². The lowest BCUT2D eigenvalue weighted by Gasteiger charge is -2.42. The van der Waals surface area contributed by atoms with Crippen LogP contribution >= 0.6 is 0 Å². The largest absolute Gasteiger partial charge is 0.868 e. The number of aromatic nitrogens is 4. The maximum absolute atomic E-state index is 12.6. The van der Waals surface area contributed by atoms with Gasteiger partial charge in [0.1, 0.15) is 39.2 Å². The van der Waals surface area contributed by atoms with Crippen LogP contribution in [0.25, 0.3) is 5.52 Å². The highest BCUT2D eigenvalue weighted by Crippen LogP contribution is 2.43. The predicted octanol–water partition coefficient (Wildman–Crippen LogP) is 18.8. The van der Waals surface area contributed by atoms with Crippen LogP contribution in [-0.2, 0) is 48.1 Å². The topological polar surface area (TPSA) is 391 Å². The molecule has 3 amide bonds. The summed E-state index contributed by atoms with van der Waals surface area (Å²) in [6.07, 6.45) is 6.58. The molecular weight excluding hydrogens is 1550 g/mol. The molecule has 4 aromatic heterocycles. The van der Waals surface area contributed by atoms with Crippen molar-refractivity contribution < 1.29 is 90.1 Å². The number of nitrogen functional groups attached to an aromatic ring is 1. The smallest absolute Gasteiger partial charge is 0.412 e. The lowest BCUT2D eigenvalue weighted by Crippen LogP contribution is -2.48. The molecule has 0 spiro atoms. The number of benzene rings is 1. The first-order valence-electron chi connectivity index (χ1n) is 39.1. The number of fused-ring (bicyclic) bond motifs is 1. The van der Waals surface area contributed by atoms with Crippen molar-refractivity contribution in [1.29, 1.82) is 0 Å². The molecule has 33 heteroatoms. The molecule has 0 atom stereocenters. The number of hydrogen-bond donors (Lipinski definition) is 4. The van der Waals surface area contributed by atoms with E-state index < -0.39 is 105 Å². The molecule has 117 heavy (non-hydrogen) atoms. The Labute approximate surface area is 695 Å². The first kappa shape index (κ1) is 104. The van der Waals surface area contributed by atoms with Crippen molar-refractivity contribution in [2.75, 3.05) is 41.6 Å². The van der Waals surface area contributed by atoms with Crippen LogP contribution in [0.5, 0.6) is 5.75 Å². The van der Waals surface area contributed by atoms with Crippen LogP contribution in [0.1, 0.15) is 267 Å². The number of anilines is 3. The molecule has 0 saturated heterocycles. The van der Waals surface area contributed by atoms with Crippen LogP contribution in [0.4, 0.5) is 42.8 Å². The van der Waals surface area contributed by atoms with Gasteiger partial charge in [0.2, 0.25) is 6.20 Å². The van der Waals surface area contributed by atoms with E-state index in [9.17, 15) is 54.1 Å². The highest BCUT2D eigenvalue weighted by Gasteiger charge is 2.44. The number of amides is 3. The van der Waals surface area contributed by atoms with Crippen LogP contribution in [0.15, 0.2) is 61.1 Å². The van der Waals surface area contributed by atoms with Crippen molar-refractivity contribution >= 4 is 95.1 Å². The average molecular weight is 1690 g/mol. The van der Waals surface area contributed by atoms with E-state index in [4.69, 9.17) is 47.5 Å². The summed E-state index contributed by atoms with van der Waals surface area (Å²) in [6.45, 7) is 67.8. The third kappa shape index (κ3) is 36.1. The van der Waals surface area contributed by atoms with Crippen molar-refractivity contribution in [3.05, 3.63) is 115 Å². The zero-order valence-corrected chi connectivity index (χ0v) is 78.6. The van der Waals surface area contributed by atoms with Crippen LogP contribution in [0, 0.1) is 43.9 Å². The van der Waals surface area contributed by atoms with Gasteiger partial charge in [-0.15, -0.1) is 0 Å². The molecule has 4 heterocycles. The molecular formula is C84H132N10O20Si3. The minimum Gasteiger partial charge on any atom is -0.868 e. The van der Waals surface area contributed by atoms with Gasteiger partial charge in [-0.2, -0.15) is 5.10 Å². The minimum absolute atomic E-state index is 0.106. The van der Waals surface area contributed by atoms with Crippen molar-refractivity contribution in [3.8, 4) is 29.4 Å². The molecule has 5 rings (SSSR count). The minimum atomic E-state index is -1.91. The number of nitrogens with one attached hydrogen (secondary N) is 3. The van der Waals surface area contributed by atoms with Gasteiger partial charge in [0.25, 0.3) is 17.1 Å². The third-order valence-electron chi connectivity index (χ3n) is 18.5. The van der Waals surface area contributed by atoms with Gasteiger partial charge in [0.15, 0.2) is 25.0 Å². The second-order valence-corrected chi connectivity index (χ2v) is 51.5. The lowest BCUT2D eigenvalue weighted by molar-refractivity contribution is -0.641. The molecule has 0 bridgehead atoms. The Morgan fingerprint density at radius 1 is 0.513 bits per heavy atom. The van der Waals surface area contributed by atoms with E-state index in [-0.39, 0.29) is 79.8 Å². The number of ether oxygens (including phenoxy) is 6. The van der Waals surface area contributed by atoms with Crippen molar-refractivity contribution in [2.24, 2.45) is 0 Å². The lowest BCUT2D eigenvalue weighted by atomic mass is 10.0. The number of nitrogens with zero attached hydrogens (tertiary/aromatic N) is 6. The number of aryl methyl sites for hydroxylation is 1. The average Bonchev–Trinajstić information content (AvgIpc) is 1.67. The fraction of sp³-hybridized carbons (Fsp3) is 0.607. The quantitative estimate of drug-likeness (QED) is 0.00651. The van der Waals surface area contributed by atoms with Crippen LogP contribution in [-0.4, -0.2) is 139 Å².